The summed E-state index contributed by atoms with van der Waals surface area (Å²) in [7, 11) is 0. The van der Waals surface area contributed by atoms with Gasteiger partial charge in [0.25, 0.3) is 0 Å². The highest BCUT2D eigenvalue weighted by molar-refractivity contribution is 6.19. The predicted octanol–water partition coefficient (Wildman–Crippen LogP) is 14.4. The van der Waals surface area contributed by atoms with Gasteiger partial charge in [0.2, 0.25) is 0 Å². The topological polar surface area (TPSA) is 16.4 Å². The van der Waals surface area contributed by atoms with E-state index in [4.69, 9.17) is 4.42 Å². The van der Waals surface area contributed by atoms with Gasteiger partial charge >= 0.3 is 0 Å². The number of hydrogen-bond donors (Lipinski definition) is 0. The summed E-state index contributed by atoms with van der Waals surface area (Å²) in [6.45, 7) is 0. The molecule has 0 atom stereocenters. The Kier molecular flexibility index (Phi) is 7.18. The molecule has 9 aromatic carbocycles. The lowest BCUT2D eigenvalue weighted by molar-refractivity contribution is 0.673. The van der Waals surface area contributed by atoms with Crippen molar-refractivity contribution in [3.8, 4) is 33.4 Å². The van der Waals surface area contributed by atoms with Gasteiger partial charge in [0.1, 0.15) is 11.2 Å². The zero-order valence-corrected chi connectivity index (χ0v) is 28.4. The highest BCUT2D eigenvalue weighted by atomic mass is 16.3. The normalized spacial score (nSPS) is 11.5. The van der Waals surface area contributed by atoms with Gasteiger partial charge in [-0.25, -0.2) is 0 Å². The Morgan fingerprint density at radius 1 is 0.308 bits per heavy atom. The van der Waals surface area contributed by atoms with Crippen molar-refractivity contribution >= 4 is 60.5 Å². The van der Waals surface area contributed by atoms with Gasteiger partial charge in [-0.15, -0.1) is 0 Å². The van der Waals surface area contributed by atoms with Gasteiger partial charge in [-0.2, -0.15) is 0 Å². The first kappa shape index (κ1) is 30.0. The van der Waals surface area contributed by atoms with Gasteiger partial charge in [0.05, 0.1) is 0 Å². The molecule has 0 bridgehead atoms. The van der Waals surface area contributed by atoms with Crippen molar-refractivity contribution in [2.75, 3.05) is 4.90 Å². The summed E-state index contributed by atoms with van der Waals surface area (Å²) < 4.78 is 6.55. The van der Waals surface area contributed by atoms with Crippen LogP contribution in [0.5, 0.6) is 0 Å². The van der Waals surface area contributed by atoms with Crippen LogP contribution in [0.4, 0.5) is 17.1 Å². The minimum absolute atomic E-state index is 0.896. The molecule has 10 aromatic rings. The molecule has 52 heavy (non-hydrogen) atoms. The average Bonchev–Trinajstić information content (AvgIpc) is 3.60. The third-order valence-corrected chi connectivity index (χ3v) is 10.3. The van der Waals surface area contributed by atoms with Gasteiger partial charge in [0.15, 0.2) is 0 Å². The summed E-state index contributed by atoms with van der Waals surface area (Å²) in [5.74, 6) is 0. The van der Waals surface area contributed by atoms with Gasteiger partial charge in [0, 0.05) is 33.2 Å². The van der Waals surface area contributed by atoms with Crippen LogP contribution in [-0.4, -0.2) is 0 Å². The van der Waals surface area contributed by atoms with E-state index in [1.807, 2.05) is 0 Å². The molecule has 0 N–H and O–H groups in total. The average molecular weight is 664 g/mol. The van der Waals surface area contributed by atoms with Crippen molar-refractivity contribution in [2.24, 2.45) is 0 Å². The number of hydrogen-bond acceptors (Lipinski definition) is 2. The van der Waals surface area contributed by atoms with E-state index in [0.717, 1.165) is 55.5 Å². The first-order valence-electron chi connectivity index (χ1n) is 17.8. The molecule has 0 aliphatic heterocycles. The number of para-hydroxylation sites is 1. The van der Waals surface area contributed by atoms with Crippen LogP contribution in [0.1, 0.15) is 0 Å². The van der Waals surface area contributed by atoms with E-state index < -0.39 is 0 Å². The molecule has 0 spiro atoms. The predicted molar refractivity (Wildman–Crippen MR) is 220 cm³/mol. The maximum atomic E-state index is 6.55. The highest BCUT2D eigenvalue weighted by Gasteiger charge is 2.17. The maximum absolute atomic E-state index is 6.55. The second kappa shape index (κ2) is 12.5. The van der Waals surface area contributed by atoms with Crippen LogP contribution in [0, 0.1) is 0 Å². The lowest BCUT2D eigenvalue weighted by Crippen LogP contribution is -2.09. The molecule has 0 saturated carbocycles. The van der Waals surface area contributed by atoms with Crippen LogP contribution in [-0.2, 0) is 0 Å². The van der Waals surface area contributed by atoms with E-state index in [9.17, 15) is 0 Å². The molecule has 0 fully saturated rings. The molecule has 1 heterocycles. The lowest BCUT2D eigenvalue weighted by atomic mass is 9.95. The summed E-state index contributed by atoms with van der Waals surface area (Å²) in [6.07, 6.45) is 0. The monoisotopic (exact) mass is 663 g/mol. The molecule has 0 aliphatic rings. The van der Waals surface area contributed by atoms with Crippen LogP contribution >= 0.6 is 0 Å². The van der Waals surface area contributed by atoms with Crippen molar-refractivity contribution < 1.29 is 4.42 Å². The fourth-order valence-electron chi connectivity index (χ4n) is 7.73. The summed E-state index contributed by atoms with van der Waals surface area (Å²) in [6, 6.07) is 71.5. The molecule has 0 unspecified atom stereocenters. The molecule has 2 heteroatoms. The smallest absolute Gasteiger partial charge is 0.143 e. The quantitative estimate of drug-likeness (QED) is 0.176. The van der Waals surface area contributed by atoms with Crippen molar-refractivity contribution in [2.45, 2.75) is 0 Å². The summed E-state index contributed by atoms with van der Waals surface area (Å²) in [4.78, 5) is 2.32. The van der Waals surface area contributed by atoms with Gasteiger partial charge in [-0.05, 0) is 104 Å². The second-order valence-electron chi connectivity index (χ2n) is 13.3. The molecule has 0 amide bonds. The van der Waals surface area contributed by atoms with Crippen molar-refractivity contribution in [3.05, 3.63) is 200 Å². The van der Waals surface area contributed by atoms with Gasteiger partial charge in [-0.3, -0.25) is 0 Å². The number of fused-ring (bicyclic) bond motifs is 6. The SMILES string of the molecule is c1ccc(-c2cc3c4cc(-c5ccc(N(c6ccccc6)c6ccc(-c7cccc8ccccc78)cc6)cc5)ccc4oc3c3ccccc23)cc1. The number of nitrogens with zero attached hydrogens (tertiary/aromatic N) is 1. The fraction of sp³-hybridized carbons (Fsp3) is 0. The summed E-state index contributed by atoms with van der Waals surface area (Å²) in [5.41, 5.74) is 12.3. The Labute approximate surface area is 302 Å². The van der Waals surface area contributed by atoms with Crippen molar-refractivity contribution in [1.82, 2.24) is 0 Å². The molecule has 0 saturated heterocycles. The van der Waals surface area contributed by atoms with Crippen LogP contribution in [0.25, 0.3) is 76.9 Å². The Morgan fingerprint density at radius 3 is 1.62 bits per heavy atom. The molecular formula is C50H33NO. The zero-order chi connectivity index (χ0) is 34.4. The molecule has 244 valence electrons. The third-order valence-electron chi connectivity index (χ3n) is 10.3. The molecular weight excluding hydrogens is 631 g/mol. The van der Waals surface area contributed by atoms with Crippen LogP contribution in [0.3, 0.4) is 0 Å². The van der Waals surface area contributed by atoms with Gasteiger partial charge < -0.3 is 9.32 Å². The van der Waals surface area contributed by atoms with E-state index in [-0.39, 0.29) is 0 Å². The van der Waals surface area contributed by atoms with Crippen LogP contribution in [0.2, 0.25) is 0 Å². The molecule has 10 rings (SSSR count). The van der Waals surface area contributed by atoms with E-state index in [1.54, 1.807) is 0 Å². The Morgan fingerprint density at radius 2 is 0.865 bits per heavy atom. The van der Waals surface area contributed by atoms with Gasteiger partial charge in [-0.1, -0.05) is 146 Å². The number of furan rings is 1. The largest absolute Gasteiger partial charge is 0.455 e. The van der Waals surface area contributed by atoms with Crippen LogP contribution in [0.15, 0.2) is 205 Å². The first-order chi connectivity index (χ1) is 25.8. The highest BCUT2D eigenvalue weighted by Crippen LogP contribution is 2.42. The number of benzene rings is 9. The minimum Gasteiger partial charge on any atom is -0.455 e. The van der Waals surface area contributed by atoms with Crippen molar-refractivity contribution in [3.63, 3.8) is 0 Å². The second-order valence-corrected chi connectivity index (χ2v) is 13.3. The lowest BCUT2D eigenvalue weighted by Gasteiger charge is -2.26. The van der Waals surface area contributed by atoms with Crippen LogP contribution < -0.4 is 4.90 Å². The van der Waals surface area contributed by atoms with E-state index in [1.165, 1.54) is 38.4 Å². The third kappa shape index (κ3) is 5.12. The minimum atomic E-state index is 0.896. The molecule has 0 aliphatic carbocycles. The standard InChI is InChI=1S/C50H33NO/c1-3-12-36(13-4-1)46-33-48-47-32-38(26-31-49(47)52-50(48)45-20-10-9-19-44(45)46)34-22-27-40(28-23-34)51(39-16-5-2-6-17-39)41-29-24-37(25-30-41)43-21-11-15-35-14-7-8-18-42(35)43/h1-33H. The number of rotatable bonds is 6. The van der Waals surface area contributed by atoms with Crippen molar-refractivity contribution in [1.29, 1.82) is 0 Å². The summed E-state index contributed by atoms with van der Waals surface area (Å²) >= 11 is 0. The van der Waals surface area contributed by atoms with E-state index in [2.05, 4.69) is 205 Å². The number of anilines is 3. The Bertz CT molecular complexity index is 2870. The maximum Gasteiger partial charge on any atom is 0.143 e. The molecule has 1 aromatic heterocycles. The zero-order valence-electron chi connectivity index (χ0n) is 28.4. The fourth-order valence-corrected chi connectivity index (χ4v) is 7.73. The molecule has 2 nitrogen and oxygen atoms in total. The van der Waals surface area contributed by atoms with E-state index >= 15 is 0 Å². The Hall–Kier alpha value is -6.90. The molecule has 0 radical (unpaired) electrons. The Balaban J connectivity index is 1.03. The summed E-state index contributed by atoms with van der Waals surface area (Å²) in [5, 5.41) is 7.10. The van der Waals surface area contributed by atoms with E-state index in [0.29, 0.717) is 0 Å². The first-order valence-corrected chi connectivity index (χ1v) is 17.8.